The highest BCUT2D eigenvalue weighted by atomic mass is 35.5. The first-order valence-corrected chi connectivity index (χ1v) is 11.3. The van der Waals surface area contributed by atoms with Gasteiger partial charge in [0.05, 0.1) is 17.8 Å². The summed E-state index contributed by atoms with van der Waals surface area (Å²) in [6.45, 7) is 2.36. The first kappa shape index (κ1) is 20.1. The van der Waals surface area contributed by atoms with Gasteiger partial charge in [-0.05, 0) is 55.4 Å². The van der Waals surface area contributed by atoms with Gasteiger partial charge in [0, 0.05) is 22.9 Å². The molecule has 1 aliphatic rings. The van der Waals surface area contributed by atoms with E-state index in [0.29, 0.717) is 11.6 Å². The van der Waals surface area contributed by atoms with E-state index in [0.717, 1.165) is 41.5 Å². The van der Waals surface area contributed by atoms with Gasteiger partial charge < -0.3 is 5.32 Å². The lowest BCUT2D eigenvalue weighted by Gasteiger charge is -2.18. The van der Waals surface area contributed by atoms with Crippen LogP contribution in [0.2, 0.25) is 5.02 Å². The summed E-state index contributed by atoms with van der Waals surface area (Å²) in [4.78, 5) is 32.1. The van der Waals surface area contributed by atoms with Crippen molar-refractivity contribution in [3.05, 3.63) is 62.0 Å². The van der Waals surface area contributed by atoms with Crippen molar-refractivity contribution >= 4 is 39.1 Å². The maximum absolute atomic E-state index is 13.0. The summed E-state index contributed by atoms with van der Waals surface area (Å²) < 4.78 is 1.58. The first-order valence-electron chi connectivity index (χ1n) is 10.1. The van der Waals surface area contributed by atoms with E-state index in [-0.39, 0.29) is 23.9 Å². The van der Waals surface area contributed by atoms with E-state index in [1.165, 1.54) is 16.9 Å². The number of hydrogen-bond donors (Lipinski definition) is 1. The van der Waals surface area contributed by atoms with Gasteiger partial charge in [0.2, 0.25) is 5.91 Å². The van der Waals surface area contributed by atoms with Crippen LogP contribution >= 0.6 is 22.9 Å². The van der Waals surface area contributed by atoms with Crippen LogP contribution in [-0.2, 0) is 24.2 Å². The normalized spacial score (nSPS) is 14.6. The summed E-state index contributed by atoms with van der Waals surface area (Å²) in [5, 5.41) is 4.50. The molecule has 5 nitrogen and oxygen atoms in total. The van der Waals surface area contributed by atoms with Gasteiger partial charge >= 0.3 is 0 Å². The van der Waals surface area contributed by atoms with Crippen LogP contribution in [0.4, 0.5) is 0 Å². The quantitative estimate of drug-likeness (QED) is 0.620. The zero-order valence-electron chi connectivity index (χ0n) is 16.4. The number of aromatic nitrogens is 2. The number of amides is 1. The minimum atomic E-state index is -0.0776. The number of hydrogen-bond acceptors (Lipinski definition) is 4. The molecular formula is C22H24ClN3O2S. The van der Waals surface area contributed by atoms with Gasteiger partial charge in [0.1, 0.15) is 4.83 Å². The number of benzene rings is 1. The van der Waals surface area contributed by atoms with Gasteiger partial charge in [-0.2, -0.15) is 0 Å². The number of aryl methyl sites for hydroxylation is 3. The monoisotopic (exact) mass is 429 g/mol. The van der Waals surface area contributed by atoms with Crippen molar-refractivity contribution in [3.8, 4) is 0 Å². The Morgan fingerprint density at radius 3 is 2.79 bits per heavy atom. The molecule has 4 rings (SSSR count). The maximum Gasteiger partial charge on any atom is 0.262 e. The van der Waals surface area contributed by atoms with E-state index < -0.39 is 0 Å². The average molecular weight is 430 g/mol. The van der Waals surface area contributed by atoms with Crippen LogP contribution in [-0.4, -0.2) is 15.5 Å². The van der Waals surface area contributed by atoms with Gasteiger partial charge in [-0.15, -0.1) is 11.3 Å². The van der Waals surface area contributed by atoms with Crippen LogP contribution in [0.5, 0.6) is 0 Å². The summed E-state index contributed by atoms with van der Waals surface area (Å²) in [5.41, 5.74) is 2.18. The highest BCUT2D eigenvalue weighted by Gasteiger charge is 2.20. The number of halogens is 1. The third-order valence-electron chi connectivity index (χ3n) is 5.54. The molecule has 2 aromatic heterocycles. The molecule has 1 atom stereocenters. The Bertz CT molecular complexity index is 1090. The molecule has 29 heavy (non-hydrogen) atoms. The van der Waals surface area contributed by atoms with Crippen LogP contribution in [0.15, 0.2) is 35.4 Å². The molecular weight excluding hydrogens is 406 g/mol. The molecule has 7 heteroatoms. The SMILES string of the molecule is CCC(NC(=O)CCn1cnc2sc3c(c2c1=O)CCCC3)c1ccc(Cl)cc1. The minimum absolute atomic E-state index is 0.0213. The molecule has 0 aliphatic heterocycles. The highest BCUT2D eigenvalue weighted by molar-refractivity contribution is 7.18. The molecule has 1 N–H and O–H groups in total. The van der Waals surface area contributed by atoms with Crippen molar-refractivity contribution in [1.29, 1.82) is 0 Å². The molecule has 0 fully saturated rings. The summed E-state index contributed by atoms with van der Waals surface area (Å²) in [5.74, 6) is -0.0776. The molecule has 152 valence electrons. The molecule has 1 amide bonds. The predicted molar refractivity (Wildman–Crippen MR) is 118 cm³/mol. The van der Waals surface area contributed by atoms with Crippen molar-refractivity contribution in [2.45, 2.75) is 58.0 Å². The Hall–Kier alpha value is -2.18. The summed E-state index contributed by atoms with van der Waals surface area (Å²) >= 11 is 7.59. The van der Waals surface area contributed by atoms with Gasteiger partial charge in [0.25, 0.3) is 5.56 Å². The lowest BCUT2D eigenvalue weighted by molar-refractivity contribution is -0.122. The fourth-order valence-corrected chi connectivity index (χ4v) is 5.29. The largest absolute Gasteiger partial charge is 0.349 e. The maximum atomic E-state index is 13.0. The molecule has 0 saturated carbocycles. The molecule has 1 unspecified atom stereocenters. The van der Waals surface area contributed by atoms with Gasteiger partial charge in [-0.3, -0.25) is 14.2 Å². The van der Waals surface area contributed by atoms with Gasteiger partial charge in [-0.1, -0.05) is 30.7 Å². The topological polar surface area (TPSA) is 64.0 Å². The van der Waals surface area contributed by atoms with Gasteiger partial charge in [-0.25, -0.2) is 4.98 Å². The fraction of sp³-hybridized carbons (Fsp3) is 0.409. The van der Waals surface area contributed by atoms with Crippen molar-refractivity contribution < 1.29 is 4.79 Å². The molecule has 1 aliphatic carbocycles. The first-order chi connectivity index (χ1) is 14.1. The fourth-order valence-electron chi connectivity index (χ4n) is 3.95. The van der Waals surface area contributed by atoms with Crippen LogP contribution in [0.1, 0.15) is 54.7 Å². The van der Waals surface area contributed by atoms with Crippen LogP contribution in [0.25, 0.3) is 10.2 Å². The van der Waals surface area contributed by atoms with Crippen LogP contribution in [0.3, 0.4) is 0 Å². The number of nitrogens with one attached hydrogen (secondary N) is 1. The standard InChI is InChI=1S/C22H24ClN3O2S/c1-2-17(14-7-9-15(23)10-8-14)25-19(27)11-12-26-13-24-21-20(22(26)28)16-5-3-4-6-18(16)29-21/h7-10,13,17H,2-6,11-12H2,1H3,(H,25,27). The van der Waals surface area contributed by atoms with Crippen molar-refractivity contribution in [2.24, 2.45) is 0 Å². The lowest BCUT2D eigenvalue weighted by atomic mass is 9.97. The number of thiophene rings is 1. The van der Waals surface area contributed by atoms with E-state index >= 15 is 0 Å². The van der Waals surface area contributed by atoms with E-state index in [2.05, 4.69) is 10.3 Å². The van der Waals surface area contributed by atoms with Crippen LogP contribution in [0, 0.1) is 0 Å². The van der Waals surface area contributed by atoms with Crippen LogP contribution < -0.4 is 10.9 Å². The summed E-state index contributed by atoms with van der Waals surface area (Å²) in [6.07, 6.45) is 6.90. The van der Waals surface area contributed by atoms with E-state index in [1.807, 2.05) is 31.2 Å². The van der Waals surface area contributed by atoms with Crippen molar-refractivity contribution in [3.63, 3.8) is 0 Å². The Balaban J connectivity index is 1.46. The smallest absolute Gasteiger partial charge is 0.262 e. The second kappa shape index (κ2) is 8.67. The molecule has 0 bridgehead atoms. The molecule has 2 heterocycles. The number of carbonyl (C=O) groups is 1. The Morgan fingerprint density at radius 1 is 1.28 bits per heavy atom. The Labute approximate surface area is 178 Å². The number of nitrogens with zero attached hydrogens (tertiary/aromatic N) is 2. The Kier molecular flexibility index (Phi) is 6.01. The number of carbonyl (C=O) groups excluding carboxylic acids is 1. The van der Waals surface area contributed by atoms with E-state index in [1.54, 1.807) is 22.2 Å². The predicted octanol–water partition coefficient (Wildman–Crippen LogP) is 4.65. The third kappa shape index (κ3) is 4.23. The Morgan fingerprint density at radius 2 is 2.03 bits per heavy atom. The third-order valence-corrected chi connectivity index (χ3v) is 6.99. The zero-order chi connectivity index (χ0) is 20.4. The molecule has 1 aromatic carbocycles. The van der Waals surface area contributed by atoms with Gasteiger partial charge in [0.15, 0.2) is 0 Å². The lowest BCUT2D eigenvalue weighted by Crippen LogP contribution is -2.30. The van der Waals surface area contributed by atoms with E-state index in [4.69, 9.17) is 11.6 Å². The average Bonchev–Trinajstić information content (AvgIpc) is 3.11. The highest BCUT2D eigenvalue weighted by Crippen LogP contribution is 2.33. The second-order valence-electron chi connectivity index (χ2n) is 7.46. The molecule has 3 aromatic rings. The van der Waals surface area contributed by atoms with Crippen molar-refractivity contribution in [1.82, 2.24) is 14.9 Å². The van der Waals surface area contributed by atoms with Crippen molar-refractivity contribution in [2.75, 3.05) is 0 Å². The second-order valence-corrected chi connectivity index (χ2v) is 8.98. The number of fused-ring (bicyclic) bond motifs is 3. The minimum Gasteiger partial charge on any atom is -0.349 e. The summed E-state index contributed by atoms with van der Waals surface area (Å²) in [7, 11) is 0. The molecule has 0 saturated heterocycles. The summed E-state index contributed by atoms with van der Waals surface area (Å²) in [6, 6.07) is 7.44. The van der Waals surface area contributed by atoms with E-state index in [9.17, 15) is 9.59 Å². The molecule has 0 spiro atoms. The zero-order valence-corrected chi connectivity index (χ0v) is 18.0. The molecule has 0 radical (unpaired) electrons. The number of rotatable bonds is 6.